The Bertz CT molecular complexity index is 1190. The van der Waals surface area contributed by atoms with Crippen molar-refractivity contribution in [2.24, 2.45) is 0 Å². The molecule has 0 bridgehead atoms. The summed E-state index contributed by atoms with van der Waals surface area (Å²) in [5, 5.41) is 5.43. The number of hydrogen-bond acceptors (Lipinski definition) is 6. The predicted octanol–water partition coefficient (Wildman–Crippen LogP) is 4.34. The first kappa shape index (κ1) is 22.8. The van der Waals surface area contributed by atoms with Crippen molar-refractivity contribution in [1.82, 2.24) is 0 Å². The number of amides is 2. The van der Waals surface area contributed by atoms with Gasteiger partial charge in [0, 0.05) is 11.8 Å². The van der Waals surface area contributed by atoms with Gasteiger partial charge in [0.2, 0.25) is 6.79 Å². The van der Waals surface area contributed by atoms with E-state index in [1.165, 1.54) is 0 Å². The van der Waals surface area contributed by atoms with Crippen molar-refractivity contribution < 1.29 is 28.6 Å². The van der Waals surface area contributed by atoms with Crippen molar-refractivity contribution in [3.63, 3.8) is 0 Å². The minimum Gasteiger partial charge on any atom is -0.455 e. The van der Waals surface area contributed by atoms with E-state index in [2.05, 4.69) is 10.6 Å². The number of carbonyl (C=O) groups excluding carboxylic acids is 3. The van der Waals surface area contributed by atoms with Gasteiger partial charge in [-0.1, -0.05) is 49.4 Å². The Morgan fingerprint density at radius 1 is 0.912 bits per heavy atom. The lowest BCUT2D eigenvalue weighted by atomic mass is 9.97. The first-order valence-corrected chi connectivity index (χ1v) is 10.9. The number of fused-ring (bicyclic) bond motifs is 1. The molecule has 0 aromatic heterocycles. The van der Waals surface area contributed by atoms with Crippen molar-refractivity contribution in [1.29, 1.82) is 0 Å². The number of nitrogens with one attached hydrogen (secondary N) is 2. The molecule has 8 nitrogen and oxygen atoms in total. The Kier molecular flexibility index (Phi) is 7.07. The zero-order valence-electron chi connectivity index (χ0n) is 18.6. The van der Waals surface area contributed by atoms with Crippen LogP contribution in [0.3, 0.4) is 0 Å². The molecule has 2 amide bonds. The second kappa shape index (κ2) is 10.5. The van der Waals surface area contributed by atoms with Crippen LogP contribution in [-0.4, -0.2) is 31.2 Å². The normalized spacial score (nSPS) is 12.5. The number of rotatable bonds is 8. The Balaban J connectivity index is 1.37. The molecule has 0 saturated heterocycles. The van der Waals surface area contributed by atoms with Gasteiger partial charge in [0.05, 0.1) is 17.2 Å². The van der Waals surface area contributed by atoms with E-state index in [0.717, 1.165) is 5.56 Å². The maximum Gasteiger partial charge on any atom is 0.313 e. The third-order valence-corrected chi connectivity index (χ3v) is 5.32. The third-order valence-electron chi connectivity index (χ3n) is 5.32. The monoisotopic (exact) mass is 460 g/mol. The zero-order valence-corrected chi connectivity index (χ0v) is 18.6. The molecule has 0 spiro atoms. The molecule has 0 fully saturated rings. The van der Waals surface area contributed by atoms with Crippen LogP contribution < -0.4 is 20.1 Å². The van der Waals surface area contributed by atoms with E-state index in [1.807, 2.05) is 37.3 Å². The highest BCUT2D eigenvalue weighted by molar-refractivity contribution is 6.10. The number of hydrogen-bond donors (Lipinski definition) is 2. The highest BCUT2D eigenvalue weighted by atomic mass is 16.7. The zero-order chi connectivity index (χ0) is 23.9. The molecule has 1 heterocycles. The molecule has 1 aliphatic heterocycles. The van der Waals surface area contributed by atoms with Gasteiger partial charge in [-0.15, -0.1) is 0 Å². The van der Waals surface area contributed by atoms with Gasteiger partial charge in [-0.25, -0.2) is 0 Å². The van der Waals surface area contributed by atoms with Crippen LogP contribution in [-0.2, 0) is 14.3 Å². The summed E-state index contributed by atoms with van der Waals surface area (Å²) in [6, 6.07) is 20.9. The molecule has 1 unspecified atom stereocenters. The second-order valence-corrected chi connectivity index (χ2v) is 7.60. The summed E-state index contributed by atoms with van der Waals surface area (Å²) >= 11 is 0. The second-order valence-electron chi connectivity index (χ2n) is 7.60. The van der Waals surface area contributed by atoms with Crippen LogP contribution in [0.1, 0.15) is 35.2 Å². The standard InChI is InChI=1S/C26H24N2O6/c1-2-19(17-8-4-3-5-9-17)26(31)32-15-24(29)28-21-11-7-6-10-20(21)25(30)27-18-12-13-22-23(14-18)34-16-33-22/h3-14,19H,2,15-16H2,1H3,(H,27,30)(H,28,29). The lowest BCUT2D eigenvalue weighted by molar-refractivity contribution is -0.149. The van der Waals surface area contributed by atoms with E-state index in [0.29, 0.717) is 29.3 Å². The number of para-hydroxylation sites is 1. The van der Waals surface area contributed by atoms with Crippen molar-refractivity contribution in [3.05, 3.63) is 83.9 Å². The van der Waals surface area contributed by atoms with E-state index < -0.39 is 30.3 Å². The van der Waals surface area contributed by atoms with Gasteiger partial charge in [0.15, 0.2) is 18.1 Å². The molecule has 1 atom stereocenters. The van der Waals surface area contributed by atoms with E-state index in [1.54, 1.807) is 42.5 Å². The van der Waals surface area contributed by atoms with Crippen LogP contribution in [0.15, 0.2) is 72.8 Å². The number of carbonyl (C=O) groups is 3. The van der Waals surface area contributed by atoms with Gasteiger partial charge in [0.1, 0.15) is 0 Å². The molecule has 3 aromatic carbocycles. The number of ether oxygens (including phenoxy) is 3. The topological polar surface area (TPSA) is 103 Å². The molecule has 3 aromatic rings. The van der Waals surface area contributed by atoms with Crippen molar-refractivity contribution in [2.75, 3.05) is 24.0 Å². The first-order valence-electron chi connectivity index (χ1n) is 10.9. The maximum atomic E-state index is 12.8. The highest BCUT2D eigenvalue weighted by Gasteiger charge is 2.22. The summed E-state index contributed by atoms with van der Waals surface area (Å²) in [6.07, 6.45) is 0.549. The highest BCUT2D eigenvalue weighted by Crippen LogP contribution is 2.34. The van der Waals surface area contributed by atoms with Crippen molar-refractivity contribution in [2.45, 2.75) is 19.3 Å². The summed E-state index contributed by atoms with van der Waals surface area (Å²) in [5.41, 5.74) is 1.92. The molecule has 0 saturated carbocycles. The van der Waals surface area contributed by atoms with Crippen LogP contribution in [0.5, 0.6) is 11.5 Å². The third kappa shape index (κ3) is 5.35. The molecule has 0 radical (unpaired) electrons. The Labute approximate surface area is 196 Å². The minimum absolute atomic E-state index is 0.135. The van der Waals surface area contributed by atoms with Gasteiger partial charge in [-0.2, -0.15) is 0 Å². The van der Waals surface area contributed by atoms with E-state index >= 15 is 0 Å². The van der Waals surface area contributed by atoms with Gasteiger partial charge < -0.3 is 24.8 Å². The summed E-state index contributed by atoms with van der Waals surface area (Å²) in [4.78, 5) is 37.8. The average molecular weight is 460 g/mol. The van der Waals surface area contributed by atoms with Gasteiger partial charge >= 0.3 is 5.97 Å². The molecule has 2 N–H and O–H groups in total. The molecular weight excluding hydrogens is 436 g/mol. The van der Waals surface area contributed by atoms with Crippen LogP contribution in [0, 0.1) is 0 Å². The molecular formula is C26H24N2O6. The molecule has 4 rings (SSSR count). The predicted molar refractivity (Wildman–Crippen MR) is 126 cm³/mol. The van der Waals surface area contributed by atoms with Crippen LogP contribution in [0.2, 0.25) is 0 Å². The van der Waals surface area contributed by atoms with Crippen molar-refractivity contribution in [3.8, 4) is 11.5 Å². The van der Waals surface area contributed by atoms with Gasteiger partial charge in [-0.05, 0) is 36.2 Å². The summed E-state index contributed by atoms with van der Waals surface area (Å²) < 4.78 is 15.8. The van der Waals surface area contributed by atoms with E-state index in [9.17, 15) is 14.4 Å². The minimum atomic E-state index is -0.542. The number of benzene rings is 3. The molecule has 1 aliphatic rings. The molecule has 174 valence electrons. The van der Waals surface area contributed by atoms with E-state index in [-0.39, 0.29) is 12.4 Å². The smallest absolute Gasteiger partial charge is 0.313 e. The summed E-state index contributed by atoms with van der Waals surface area (Å²) in [7, 11) is 0. The quantitative estimate of drug-likeness (QED) is 0.485. The fourth-order valence-electron chi connectivity index (χ4n) is 3.61. The molecule has 0 aliphatic carbocycles. The Morgan fingerprint density at radius 2 is 1.65 bits per heavy atom. The average Bonchev–Trinajstić information content (AvgIpc) is 3.32. The number of anilines is 2. The molecule has 8 heteroatoms. The fourth-order valence-corrected chi connectivity index (χ4v) is 3.61. The SMILES string of the molecule is CCC(C(=O)OCC(=O)Nc1ccccc1C(=O)Nc1ccc2c(c1)OCO2)c1ccccc1. The van der Waals surface area contributed by atoms with E-state index in [4.69, 9.17) is 14.2 Å². The molecule has 34 heavy (non-hydrogen) atoms. The number of esters is 1. The summed E-state index contributed by atoms with van der Waals surface area (Å²) in [5.74, 6) is -0.729. The Morgan fingerprint density at radius 3 is 2.44 bits per heavy atom. The van der Waals surface area contributed by atoms with Gasteiger partial charge in [0.25, 0.3) is 11.8 Å². The first-order chi connectivity index (χ1) is 16.5. The Hall–Kier alpha value is -4.33. The lowest BCUT2D eigenvalue weighted by Gasteiger charge is -2.15. The van der Waals surface area contributed by atoms with Gasteiger partial charge in [-0.3, -0.25) is 14.4 Å². The van der Waals surface area contributed by atoms with Crippen LogP contribution >= 0.6 is 0 Å². The lowest BCUT2D eigenvalue weighted by Crippen LogP contribution is -2.25. The summed E-state index contributed by atoms with van der Waals surface area (Å²) in [6.45, 7) is 1.56. The maximum absolute atomic E-state index is 12.8. The van der Waals surface area contributed by atoms with Crippen molar-refractivity contribution >= 4 is 29.2 Å². The van der Waals surface area contributed by atoms with Crippen LogP contribution in [0.25, 0.3) is 0 Å². The largest absolute Gasteiger partial charge is 0.455 e. The fraction of sp³-hybridized carbons (Fsp3) is 0.192. The van der Waals surface area contributed by atoms with Crippen LogP contribution in [0.4, 0.5) is 11.4 Å².